The third kappa shape index (κ3) is 8.89. The Kier molecular flexibility index (Phi) is 13.5. The summed E-state index contributed by atoms with van der Waals surface area (Å²) in [6.07, 6.45) is 10.9. The minimum Gasteiger partial charge on any atom is -0.310 e. The molecule has 0 radical (unpaired) electrons. The molecule has 1 nitrogen and oxygen atoms in total. The van der Waals surface area contributed by atoms with Crippen LogP contribution in [0.15, 0.2) is 200 Å². The van der Waals surface area contributed by atoms with Crippen LogP contribution in [0.4, 0.5) is 0 Å². The second-order valence-electron chi connectivity index (χ2n) is 14.8. The van der Waals surface area contributed by atoms with E-state index in [4.69, 9.17) is 0 Å². The first-order valence-electron chi connectivity index (χ1n) is 20.2. The predicted octanol–water partition coefficient (Wildman–Crippen LogP) is 16.1. The van der Waals surface area contributed by atoms with Crippen LogP contribution >= 0.6 is 11.8 Å². The quantitative estimate of drug-likeness (QED) is 0.110. The summed E-state index contributed by atoms with van der Waals surface area (Å²) in [5.41, 5.74) is 16.6. The Morgan fingerprint density at radius 3 is 1.90 bits per heavy atom. The fraction of sp³-hybridized carbons (Fsp3) is 0.143. The van der Waals surface area contributed by atoms with Crippen LogP contribution in [0.1, 0.15) is 68.1 Å². The van der Waals surface area contributed by atoms with Gasteiger partial charge in [-0.3, -0.25) is 0 Å². The first kappa shape index (κ1) is 41.5. The van der Waals surface area contributed by atoms with Gasteiger partial charge in [0.1, 0.15) is 0 Å². The van der Waals surface area contributed by atoms with Crippen LogP contribution in [0.25, 0.3) is 50.5 Å². The van der Waals surface area contributed by atoms with Crippen molar-refractivity contribution in [2.45, 2.75) is 51.9 Å². The highest BCUT2D eigenvalue weighted by Gasteiger charge is 2.36. The summed E-state index contributed by atoms with van der Waals surface area (Å²) in [7, 11) is 0. The van der Waals surface area contributed by atoms with Crippen molar-refractivity contribution in [3.8, 4) is 16.8 Å². The molecule has 0 unspecified atom stereocenters. The Morgan fingerprint density at radius 2 is 1.26 bits per heavy atom. The standard InChI is InChI=1S/C47H41N.C7H8S.C2H6/c1-32(36-23-25-38(26-24-36)37-15-9-7-10-16-37)22-29-45-34(3)43-31-39(27-30-46(43)48(45)40-17-11-8-12-18-40)33(2)21-28-41-35(4)47(5,6)44-20-14-13-19-42(41)44;1-8-7-5-3-2-4-6-7;1-2/h7-31H,1,4H2,2-3,5-6H3;2-6H,1H3;1-2H3/b29-22-,33-21+,41-28+;;. The number of hydrogen-bond donors (Lipinski definition) is 0. The van der Waals surface area contributed by atoms with Crippen LogP contribution in [0.5, 0.6) is 0 Å². The molecule has 0 atom stereocenters. The number of benzene rings is 6. The smallest absolute Gasteiger partial charge is 0.0537 e. The maximum absolute atomic E-state index is 4.50. The van der Waals surface area contributed by atoms with Gasteiger partial charge in [0.05, 0.1) is 5.52 Å². The topological polar surface area (TPSA) is 4.93 Å². The third-order valence-electron chi connectivity index (χ3n) is 11.0. The lowest BCUT2D eigenvalue weighted by Gasteiger charge is -2.20. The van der Waals surface area contributed by atoms with E-state index >= 15 is 0 Å². The summed E-state index contributed by atoms with van der Waals surface area (Å²) in [4.78, 5) is 1.33. The molecule has 0 amide bonds. The Hall–Kier alpha value is -6.09. The van der Waals surface area contributed by atoms with Crippen molar-refractivity contribution < 1.29 is 0 Å². The molecule has 1 aliphatic carbocycles. The molecular formula is C56H55NS. The van der Waals surface area contributed by atoms with E-state index in [0.717, 1.165) is 22.5 Å². The summed E-state index contributed by atoms with van der Waals surface area (Å²) in [5, 5.41) is 1.24. The molecule has 8 rings (SSSR count). The number of para-hydroxylation sites is 1. The average molecular weight is 774 g/mol. The molecule has 0 saturated heterocycles. The third-order valence-corrected chi connectivity index (χ3v) is 11.7. The minimum absolute atomic E-state index is 0.0681. The van der Waals surface area contributed by atoms with Crippen LogP contribution in [0.3, 0.4) is 0 Å². The number of fused-ring (bicyclic) bond motifs is 2. The molecule has 290 valence electrons. The maximum Gasteiger partial charge on any atom is 0.0537 e. The van der Waals surface area contributed by atoms with Crippen molar-refractivity contribution in [3.63, 3.8) is 0 Å². The summed E-state index contributed by atoms with van der Waals surface area (Å²) in [6, 6.07) is 55.6. The van der Waals surface area contributed by atoms with Crippen LogP contribution in [-0.2, 0) is 5.41 Å². The first-order valence-corrected chi connectivity index (χ1v) is 21.4. The Morgan fingerprint density at radius 1 is 0.690 bits per heavy atom. The lowest BCUT2D eigenvalue weighted by atomic mass is 9.83. The van der Waals surface area contributed by atoms with Crippen LogP contribution in [0, 0.1) is 6.92 Å². The van der Waals surface area contributed by atoms with Gasteiger partial charge in [-0.05, 0) is 124 Å². The molecule has 0 bridgehead atoms. The van der Waals surface area contributed by atoms with Gasteiger partial charge in [0.25, 0.3) is 0 Å². The van der Waals surface area contributed by atoms with Gasteiger partial charge in [0.15, 0.2) is 0 Å². The second kappa shape index (κ2) is 18.9. The molecule has 7 aromatic rings. The van der Waals surface area contributed by atoms with E-state index in [2.05, 4.69) is 209 Å². The number of rotatable bonds is 8. The van der Waals surface area contributed by atoms with E-state index in [-0.39, 0.29) is 5.41 Å². The second-order valence-corrected chi connectivity index (χ2v) is 15.7. The van der Waals surface area contributed by atoms with Crippen LogP contribution in [-0.4, -0.2) is 10.8 Å². The molecule has 0 aliphatic heterocycles. The fourth-order valence-corrected chi connectivity index (χ4v) is 7.96. The maximum atomic E-state index is 4.50. The van der Waals surface area contributed by atoms with Gasteiger partial charge in [0, 0.05) is 27.1 Å². The molecule has 2 heteroatoms. The van der Waals surface area contributed by atoms with Crippen molar-refractivity contribution >= 4 is 45.5 Å². The van der Waals surface area contributed by atoms with Gasteiger partial charge in [0.2, 0.25) is 0 Å². The zero-order valence-electron chi connectivity index (χ0n) is 35.1. The number of nitrogens with zero attached hydrogens (tertiary/aromatic N) is 1. The van der Waals surface area contributed by atoms with E-state index in [9.17, 15) is 0 Å². The molecule has 0 N–H and O–H groups in total. The van der Waals surface area contributed by atoms with E-state index in [1.165, 1.54) is 65.9 Å². The lowest BCUT2D eigenvalue weighted by molar-refractivity contribution is 0.663. The van der Waals surface area contributed by atoms with Crippen molar-refractivity contribution in [2.75, 3.05) is 6.26 Å². The van der Waals surface area contributed by atoms with Gasteiger partial charge in [-0.25, -0.2) is 0 Å². The van der Waals surface area contributed by atoms with E-state index < -0.39 is 0 Å². The highest BCUT2D eigenvalue weighted by molar-refractivity contribution is 7.98. The molecule has 58 heavy (non-hydrogen) atoms. The zero-order chi connectivity index (χ0) is 41.2. The molecule has 0 saturated carbocycles. The summed E-state index contributed by atoms with van der Waals surface area (Å²) in [6.45, 7) is 21.9. The lowest BCUT2D eigenvalue weighted by Crippen LogP contribution is -2.13. The minimum atomic E-state index is -0.0681. The van der Waals surface area contributed by atoms with Crippen molar-refractivity contribution in [3.05, 3.63) is 228 Å². The van der Waals surface area contributed by atoms with Gasteiger partial charge < -0.3 is 4.57 Å². The Labute approximate surface area is 351 Å². The highest BCUT2D eigenvalue weighted by atomic mass is 32.2. The van der Waals surface area contributed by atoms with Crippen molar-refractivity contribution in [2.24, 2.45) is 0 Å². The molecule has 0 spiro atoms. The van der Waals surface area contributed by atoms with E-state index in [1.807, 2.05) is 38.1 Å². The molecular weight excluding hydrogens is 719 g/mol. The summed E-state index contributed by atoms with van der Waals surface area (Å²) >= 11 is 1.77. The molecule has 1 aromatic heterocycles. The van der Waals surface area contributed by atoms with Crippen LogP contribution < -0.4 is 0 Å². The summed E-state index contributed by atoms with van der Waals surface area (Å²) in [5.74, 6) is 0. The van der Waals surface area contributed by atoms with Crippen molar-refractivity contribution in [1.82, 2.24) is 4.57 Å². The zero-order valence-corrected chi connectivity index (χ0v) is 35.9. The van der Waals surface area contributed by atoms with E-state index in [0.29, 0.717) is 0 Å². The van der Waals surface area contributed by atoms with Gasteiger partial charge in [-0.15, -0.1) is 11.8 Å². The number of allylic oxidation sites excluding steroid dienone is 7. The first-order chi connectivity index (χ1) is 28.2. The predicted molar refractivity (Wildman–Crippen MR) is 258 cm³/mol. The van der Waals surface area contributed by atoms with Gasteiger partial charge >= 0.3 is 0 Å². The van der Waals surface area contributed by atoms with E-state index in [1.54, 1.807) is 11.8 Å². The Balaban J connectivity index is 0.000000502. The highest BCUT2D eigenvalue weighted by Crippen LogP contribution is 2.48. The van der Waals surface area contributed by atoms with Gasteiger partial charge in [-0.2, -0.15) is 0 Å². The SMILES string of the molecule is C=C(/C=C\c1c(C)c2cc(/C(C)=C/C=C3\C(=C)C(C)(C)c4ccccc43)ccc2n1-c1ccccc1)c1ccc(-c2ccccc2)cc1.CC.CSc1ccccc1. The monoisotopic (exact) mass is 773 g/mol. The summed E-state index contributed by atoms with van der Waals surface area (Å²) < 4.78 is 2.36. The molecule has 0 fully saturated rings. The largest absolute Gasteiger partial charge is 0.310 e. The molecule has 6 aromatic carbocycles. The number of thioether (sulfide) groups is 1. The fourth-order valence-electron chi connectivity index (χ4n) is 7.53. The number of aryl methyl sites for hydroxylation is 1. The van der Waals surface area contributed by atoms with Crippen LogP contribution in [0.2, 0.25) is 0 Å². The average Bonchev–Trinajstić information content (AvgIpc) is 3.67. The molecule has 1 aliphatic rings. The Bertz CT molecular complexity index is 2600. The van der Waals surface area contributed by atoms with Crippen molar-refractivity contribution in [1.29, 1.82) is 0 Å². The van der Waals surface area contributed by atoms with Gasteiger partial charge in [-0.1, -0.05) is 180 Å². The number of hydrogen-bond acceptors (Lipinski definition) is 1. The normalized spacial score (nSPS) is 13.8. The molecule has 1 heterocycles. The number of aromatic nitrogens is 1.